The number of carbonyl (C=O) groups is 1. The van der Waals surface area contributed by atoms with Gasteiger partial charge in [-0.15, -0.1) is 0 Å². The molecule has 7 heteroatoms. The molecule has 2 heterocycles. The molecule has 0 fully saturated rings. The zero-order valence-electron chi connectivity index (χ0n) is 18.7. The lowest BCUT2D eigenvalue weighted by Crippen LogP contribution is -2.11. The maximum atomic E-state index is 13.4. The topological polar surface area (TPSA) is 68.3 Å². The van der Waals surface area contributed by atoms with Crippen LogP contribution in [0.15, 0.2) is 69.5 Å². The van der Waals surface area contributed by atoms with Crippen LogP contribution in [0.3, 0.4) is 0 Å². The molecule has 0 atom stereocenters. The standard InChI is InChI=1S/C27H20ClFN2O3/c1-14-4-5-18(27-31-22-10-15(2)16(3)11-25(22)34-27)13-21(14)30-26(32)24-9-8-23(33-24)17-6-7-20(29)19(28)12-17/h4-13H,1-3H3,(H,30,32). The summed E-state index contributed by atoms with van der Waals surface area (Å²) in [6.07, 6.45) is 0. The Bertz CT molecular complexity index is 1530. The number of nitrogens with one attached hydrogen (secondary N) is 1. The van der Waals surface area contributed by atoms with Gasteiger partial charge in [0.05, 0.1) is 5.02 Å². The Morgan fingerprint density at radius 3 is 2.44 bits per heavy atom. The number of furan rings is 1. The lowest BCUT2D eigenvalue weighted by atomic mass is 10.1. The minimum atomic E-state index is -0.519. The van der Waals surface area contributed by atoms with Gasteiger partial charge < -0.3 is 14.2 Å². The van der Waals surface area contributed by atoms with Gasteiger partial charge in [-0.25, -0.2) is 9.37 Å². The molecule has 34 heavy (non-hydrogen) atoms. The Kier molecular flexibility index (Phi) is 5.46. The fourth-order valence-electron chi connectivity index (χ4n) is 3.64. The van der Waals surface area contributed by atoms with Gasteiger partial charge in [-0.2, -0.15) is 0 Å². The second-order valence-corrected chi connectivity index (χ2v) is 8.61. The van der Waals surface area contributed by atoms with Crippen LogP contribution in [0.1, 0.15) is 27.2 Å². The van der Waals surface area contributed by atoms with Crippen molar-refractivity contribution in [2.24, 2.45) is 0 Å². The summed E-state index contributed by atoms with van der Waals surface area (Å²) >= 11 is 5.86. The molecule has 3 aromatic carbocycles. The van der Waals surface area contributed by atoms with Crippen LogP contribution in [-0.2, 0) is 0 Å². The van der Waals surface area contributed by atoms with Gasteiger partial charge in [-0.3, -0.25) is 4.79 Å². The molecule has 0 bridgehead atoms. The number of amides is 1. The Labute approximate surface area is 200 Å². The van der Waals surface area contributed by atoms with Crippen molar-refractivity contribution in [3.8, 4) is 22.8 Å². The van der Waals surface area contributed by atoms with Crippen LogP contribution >= 0.6 is 11.6 Å². The molecular weight excluding hydrogens is 455 g/mol. The Balaban J connectivity index is 1.41. The fourth-order valence-corrected chi connectivity index (χ4v) is 3.82. The highest BCUT2D eigenvalue weighted by atomic mass is 35.5. The first-order valence-electron chi connectivity index (χ1n) is 10.6. The molecular formula is C27H20ClFN2O3. The molecule has 0 aliphatic carbocycles. The van der Waals surface area contributed by atoms with E-state index >= 15 is 0 Å². The molecule has 5 nitrogen and oxygen atoms in total. The fraction of sp³-hybridized carbons (Fsp3) is 0.111. The van der Waals surface area contributed by atoms with Crippen molar-refractivity contribution < 1.29 is 18.0 Å². The third-order valence-corrected chi connectivity index (χ3v) is 6.06. The van der Waals surface area contributed by atoms with E-state index in [1.54, 1.807) is 18.2 Å². The van der Waals surface area contributed by atoms with Gasteiger partial charge in [0, 0.05) is 16.8 Å². The van der Waals surface area contributed by atoms with E-state index in [9.17, 15) is 9.18 Å². The van der Waals surface area contributed by atoms with Crippen molar-refractivity contribution in [1.29, 1.82) is 0 Å². The second kappa shape index (κ2) is 8.47. The number of halogens is 2. The highest BCUT2D eigenvalue weighted by Gasteiger charge is 2.16. The summed E-state index contributed by atoms with van der Waals surface area (Å²) in [6, 6.07) is 17.0. The predicted molar refractivity (Wildman–Crippen MR) is 131 cm³/mol. The highest BCUT2D eigenvalue weighted by Crippen LogP contribution is 2.30. The minimum absolute atomic E-state index is 0.0168. The average Bonchev–Trinajstić information content (AvgIpc) is 3.45. The Morgan fingerprint density at radius 2 is 1.65 bits per heavy atom. The van der Waals surface area contributed by atoms with Crippen LogP contribution in [-0.4, -0.2) is 10.9 Å². The van der Waals surface area contributed by atoms with E-state index in [0.717, 1.165) is 27.8 Å². The first-order valence-corrected chi connectivity index (χ1v) is 11.0. The van der Waals surface area contributed by atoms with Crippen LogP contribution in [0.25, 0.3) is 33.9 Å². The Morgan fingerprint density at radius 1 is 0.882 bits per heavy atom. The van der Waals surface area contributed by atoms with Crippen LogP contribution in [0.2, 0.25) is 5.02 Å². The average molecular weight is 475 g/mol. The van der Waals surface area contributed by atoms with E-state index in [4.69, 9.17) is 20.4 Å². The molecule has 0 spiro atoms. The molecule has 0 unspecified atom stereocenters. The molecule has 5 rings (SSSR count). The number of nitrogens with zero attached hydrogens (tertiary/aromatic N) is 1. The molecule has 0 saturated heterocycles. The smallest absolute Gasteiger partial charge is 0.291 e. The van der Waals surface area contributed by atoms with Crippen molar-refractivity contribution in [2.75, 3.05) is 5.32 Å². The zero-order chi connectivity index (χ0) is 24.0. The van der Waals surface area contributed by atoms with Gasteiger partial charge in [-0.05, 0) is 92.1 Å². The third kappa shape index (κ3) is 4.08. The summed E-state index contributed by atoms with van der Waals surface area (Å²) in [4.78, 5) is 17.5. The molecule has 5 aromatic rings. The third-order valence-electron chi connectivity index (χ3n) is 5.77. The molecule has 0 radical (unpaired) electrons. The summed E-state index contributed by atoms with van der Waals surface area (Å²) in [5.41, 5.74) is 6.58. The number of hydrogen-bond donors (Lipinski definition) is 1. The van der Waals surface area contributed by atoms with Crippen molar-refractivity contribution in [2.45, 2.75) is 20.8 Å². The molecule has 1 N–H and O–H groups in total. The Hall–Kier alpha value is -3.90. The summed E-state index contributed by atoms with van der Waals surface area (Å²) in [6.45, 7) is 5.96. The lowest BCUT2D eigenvalue weighted by Gasteiger charge is -2.08. The number of carbonyl (C=O) groups excluding carboxylic acids is 1. The van der Waals surface area contributed by atoms with E-state index < -0.39 is 11.7 Å². The molecule has 2 aromatic heterocycles. The van der Waals surface area contributed by atoms with Crippen molar-refractivity contribution in [3.63, 3.8) is 0 Å². The van der Waals surface area contributed by atoms with E-state index in [1.165, 1.54) is 12.1 Å². The van der Waals surface area contributed by atoms with Crippen molar-refractivity contribution in [3.05, 3.63) is 94.0 Å². The van der Waals surface area contributed by atoms with Gasteiger partial charge in [0.15, 0.2) is 11.3 Å². The number of aromatic nitrogens is 1. The number of benzene rings is 3. The van der Waals surface area contributed by atoms with Gasteiger partial charge in [0.25, 0.3) is 5.91 Å². The number of anilines is 1. The maximum Gasteiger partial charge on any atom is 0.291 e. The number of fused-ring (bicyclic) bond motifs is 1. The van der Waals surface area contributed by atoms with E-state index in [0.29, 0.717) is 28.5 Å². The minimum Gasteiger partial charge on any atom is -0.451 e. The molecule has 170 valence electrons. The molecule has 0 saturated carbocycles. The van der Waals surface area contributed by atoms with Crippen LogP contribution < -0.4 is 5.32 Å². The van der Waals surface area contributed by atoms with Gasteiger partial charge >= 0.3 is 0 Å². The number of hydrogen-bond acceptors (Lipinski definition) is 4. The number of oxazole rings is 1. The summed E-state index contributed by atoms with van der Waals surface area (Å²) in [7, 11) is 0. The first-order chi connectivity index (χ1) is 16.3. The largest absolute Gasteiger partial charge is 0.451 e. The van der Waals surface area contributed by atoms with Gasteiger partial charge in [0.1, 0.15) is 17.1 Å². The molecule has 1 amide bonds. The number of aryl methyl sites for hydroxylation is 3. The summed E-state index contributed by atoms with van der Waals surface area (Å²) in [5.74, 6) is 0.0738. The monoisotopic (exact) mass is 474 g/mol. The second-order valence-electron chi connectivity index (χ2n) is 8.20. The van der Waals surface area contributed by atoms with Crippen molar-refractivity contribution >= 4 is 34.3 Å². The van der Waals surface area contributed by atoms with Crippen LogP contribution in [0.5, 0.6) is 0 Å². The van der Waals surface area contributed by atoms with Gasteiger partial charge in [-0.1, -0.05) is 17.7 Å². The van der Waals surface area contributed by atoms with E-state index in [1.807, 2.05) is 51.1 Å². The zero-order valence-corrected chi connectivity index (χ0v) is 19.5. The van der Waals surface area contributed by atoms with E-state index in [-0.39, 0.29) is 10.8 Å². The predicted octanol–water partition coefficient (Wildman–Crippen LogP) is 7.72. The summed E-state index contributed by atoms with van der Waals surface area (Å²) < 4.78 is 25.1. The van der Waals surface area contributed by atoms with Gasteiger partial charge in [0.2, 0.25) is 5.89 Å². The van der Waals surface area contributed by atoms with E-state index in [2.05, 4.69) is 10.3 Å². The SMILES string of the molecule is Cc1cc2nc(-c3ccc(C)c(NC(=O)c4ccc(-c5ccc(F)c(Cl)c5)o4)c3)oc2cc1C. The maximum absolute atomic E-state index is 13.4. The molecule has 0 aliphatic rings. The van der Waals surface area contributed by atoms with Crippen LogP contribution in [0, 0.1) is 26.6 Å². The molecule has 0 aliphatic heterocycles. The number of rotatable bonds is 4. The first kappa shape index (κ1) is 21.9. The summed E-state index contributed by atoms with van der Waals surface area (Å²) in [5, 5.41) is 2.87. The highest BCUT2D eigenvalue weighted by molar-refractivity contribution is 6.31. The quantitative estimate of drug-likeness (QED) is 0.289. The lowest BCUT2D eigenvalue weighted by molar-refractivity contribution is 0.0997. The van der Waals surface area contributed by atoms with Crippen LogP contribution in [0.4, 0.5) is 10.1 Å². The van der Waals surface area contributed by atoms with Crippen molar-refractivity contribution in [1.82, 2.24) is 4.98 Å². The normalized spacial score (nSPS) is 11.2.